The molecule has 0 fully saturated rings. The molecule has 0 unspecified atom stereocenters. The molecule has 0 saturated carbocycles. The van der Waals surface area contributed by atoms with Crippen LogP contribution in [0.3, 0.4) is 0 Å². The molecular weight excluding hydrogens is 232 g/mol. The van der Waals surface area contributed by atoms with Gasteiger partial charge in [0.25, 0.3) is 0 Å². The molecule has 2 aromatic rings. The second-order valence-electron chi connectivity index (χ2n) is 4.96. The van der Waals surface area contributed by atoms with Gasteiger partial charge in [-0.1, -0.05) is 6.07 Å². The average molecular weight is 248 g/mol. The van der Waals surface area contributed by atoms with Gasteiger partial charge in [-0.15, -0.1) is 0 Å². The van der Waals surface area contributed by atoms with Crippen LogP contribution in [0.15, 0.2) is 18.2 Å². The molecule has 0 atom stereocenters. The molecule has 0 aliphatic carbocycles. The van der Waals surface area contributed by atoms with Crippen LogP contribution in [0, 0.1) is 6.92 Å². The lowest BCUT2D eigenvalue weighted by Crippen LogP contribution is -2.25. The normalized spacial score (nSPS) is 11.5. The van der Waals surface area contributed by atoms with Crippen molar-refractivity contribution in [2.75, 3.05) is 5.32 Å². The fourth-order valence-electron chi connectivity index (χ4n) is 1.37. The van der Waals surface area contributed by atoms with E-state index in [0.29, 0.717) is 5.82 Å². The topological polar surface area (TPSA) is 50.7 Å². The molecule has 0 aromatic carbocycles. The summed E-state index contributed by atoms with van der Waals surface area (Å²) in [7, 11) is 0. The van der Waals surface area contributed by atoms with Crippen molar-refractivity contribution in [3.8, 4) is 11.5 Å². The second kappa shape index (κ2) is 4.41. The second-order valence-corrected chi connectivity index (χ2v) is 5.71. The van der Waals surface area contributed by atoms with E-state index in [1.807, 2.05) is 25.1 Å². The Bertz CT molecular complexity index is 513. The minimum atomic E-state index is -0.00314. The van der Waals surface area contributed by atoms with Crippen LogP contribution in [-0.2, 0) is 0 Å². The van der Waals surface area contributed by atoms with E-state index in [1.54, 1.807) is 0 Å². The largest absolute Gasteiger partial charge is 0.356 e. The maximum Gasteiger partial charge on any atom is 0.203 e. The first-order valence-corrected chi connectivity index (χ1v) is 6.27. The maximum atomic E-state index is 4.44. The van der Waals surface area contributed by atoms with Crippen LogP contribution in [0.5, 0.6) is 0 Å². The predicted octanol–water partition coefficient (Wildman–Crippen LogP) is 3.12. The molecule has 0 spiro atoms. The van der Waals surface area contributed by atoms with Crippen molar-refractivity contribution in [3.63, 3.8) is 0 Å². The van der Waals surface area contributed by atoms with E-state index >= 15 is 0 Å². The molecule has 0 radical (unpaired) electrons. The highest BCUT2D eigenvalue weighted by Crippen LogP contribution is 2.22. The molecule has 0 bridgehead atoms. The fourth-order valence-corrected chi connectivity index (χ4v) is 2.15. The Labute approximate surface area is 105 Å². The molecule has 0 saturated heterocycles. The van der Waals surface area contributed by atoms with Crippen molar-refractivity contribution in [3.05, 3.63) is 23.9 Å². The zero-order valence-corrected chi connectivity index (χ0v) is 11.3. The summed E-state index contributed by atoms with van der Waals surface area (Å²) in [6.45, 7) is 8.25. The van der Waals surface area contributed by atoms with Crippen LogP contribution in [-0.4, -0.2) is 19.9 Å². The third kappa shape index (κ3) is 3.23. The molecule has 2 heterocycles. The molecule has 0 amide bonds. The highest BCUT2D eigenvalue weighted by atomic mass is 32.1. The molecule has 0 aliphatic heterocycles. The Balaban J connectivity index is 2.24. The van der Waals surface area contributed by atoms with E-state index in [-0.39, 0.29) is 5.54 Å². The van der Waals surface area contributed by atoms with Crippen molar-refractivity contribution >= 4 is 16.7 Å². The fraction of sp³-hybridized carbons (Fsp3) is 0.417. The van der Waals surface area contributed by atoms with Crippen molar-refractivity contribution in [1.82, 2.24) is 14.3 Å². The standard InChI is InChI=1S/C12H16N4S/c1-8-6-5-7-9(13-8)10-14-11(17-16-10)15-12(2,3)4/h5-7H,1-4H3,(H,14,15,16). The average Bonchev–Trinajstić information content (AvgIpc) is 2.63. The number of pyridine rings is 1. The molecule has 1 N–H and O–H groups in total. The Morgan fingerprint density at radius 3 is 2.59 bits per heavy atom. The number of aromatic nitrogens is 3. The quantitative estimate of drug-likeness (QED) is 0.887. The number of nitrogens with zero attached hydrogens (tertiary/aromatic N) is 3. The van der Waals surface area contributed by atoms with E-state index in [9.17, 15) is 0 Å². The third-order valence-electron chi connectivity index (χ3n) is 2.03. The van der Waals surface area contributed by atoms with Gasteiger partial charge in [-0.2, -0.15) is 9.36 Å². The van der Waals surface area contributed by atoms with Gasteiger partial charge >= 0.3 is 0 Å². The van der Waals surface area contributed by atoms with Crippen molar-refractivity contribution in [1.29, 1.82) is 0 Å². The molecule has 90 valence electrons. The van der Waals surface area contributed by atoms with Crippen LogP contribution in [0.2, 0.25) is 0 Å². The summed E-state index contributed by atoms with van der Waals surface area (Å²) in [6, 6.07) is 5.86. The number of nitrogens with one attached hydrogen (secondary N) is 1. The lowest BCUT2D eigenvalue weighted by atomic mass is 10.1. The van der Waals surface area contributed by atoms with Crippen molar-refractivity contribution in [2.24, 2.45) is 0 Å². The van der Waals surface area contributed by atoms with E-state index in [4.69, 9.17) is 0 Å². The molecule has 2 aromatic heterocycles. The van der Waals surface area contributed by atoms with Gasteiger partial charge < -0.3 is 5.32 Å². The molecular formula is C12H16N4S. The number of anilines is 1. The summed E-state index contributed by atoms with van der Waals surface area (Å²) in [6.07, 6.45) is 0. The smallest absolute Gasteiger partial charge is 0.203 e. The number of hydrogen-bond acceptors (Lipinski definition) is 5. The van der Waals surface area contributed by atoms with Gasteiger partial charge in [-0.3, -0.25) is 0 Å². The van der Waals surface area contributed by atoms with Crippen LogP contribution >= 0.6 is 11.5 Å². The van der Waals surface area contributed by atoms with Gasteiger partial charge in [0.05, 0.1) is 0 Å². The Hall–Kier alpha value is -1.49. The van der Waals surface area contributed by atoms with Gasteiger partial charge in [0, 0.05) is 22.8 Å². The van der Waals surface area contributed by atoms with Crippen LogP contribution in [0.4, 0.5) is 5.13 Å². The number of rotatable bonds is 2. The van der Waals surface area contributed by atoms with Gasteiger partial charge in [-0.25, -0.2) is 4.98 Å². The van der Waals surface area contributed by atoms with Crippen molar-refractivity contribution < 1.29 is 0 Å². The minimum absolute atomic E-state index is 0.00314. The maximum absolute atomic E-state index is 4.44. The van der Waals surface area contributed by atoms with E-state index in [0.717, 1.165) is 16.5 Å². The summed E-state index contributed by atoms with van der Waals surface area (Å²) in [5.74, 6) is 0.686. The first-order valence-electron chi connectivity index (χ1n) is 5.50. The first kappa shape index (κ1) is 12.0. The Morgan fingerprint density at radius 2 is 1.94 bits per heavy atom. The summed E-state index contributed by atoms with van der Waals surface area (Å²) in [4.78, 5) is 8.85. The predicted molar refractivity (Wildman–Crippen MR) is 71.3 cm³/mol. The molecule has 5 heteroatoms. The Kier molecular flexibility index (Phi) is 3.11. The highest BCUT2D eigenvalue weighted by molar-refractivity contribution is 7.09. The summed E-state index contributed by atoms with van der Waals surface area (Å²) in [5, 5.41) is 4.13. The lowest BCUT2D eigenvalue weighted by molar-refractivity contribution is 0.633. The number of aryl methyl sites for hydroxylation is 1. The molecule has 17 heavy (non-hydrogen) atoms. The van der Waals surface area contributed by atoms with Crippen LogP contribution in [0.25, 0.3) is 11.5 Å². The SMILES string of the molecule is Cc1cccc(-c2nsc(NC(C)(C)C)n2)n1. The number of hydrogen-bond donors (Lipinski definition) is 1. The lowest BCUT2D eigenvalue weighted by Gasteiger charge is -2.18. The van der Waals surface area contributed by atoms with Crippen LogP contribution in [0.1, 0.15) is 26.5 Å². The molecule has 4 nitrogen and oxygen atoms in total. The van der Waals surface area contributed by atoms with Crippen molar-refractivity contribution in [2.45, 2.75) is 33.2 Å². The molecule has 0 aliphatic rings. The van der Waals surface area contributed by atoms with Gasteiger partial charge in [-0.05, 0) is 39.8 Å². The zero-order valence-electron chi connectivity index (χ0n) is 10.5. The van der Waals surface area contributed by atoms with E-state index in [2.05, 4.69) is 40.4 Å². The molecule has 2 rings (SSSR count). The highest BCUT2D eigenvalue weighted by Gasteiger charge is 2.14. The van der Waals surface area contributed by atoms with Gasteiger partial charge in [0.2, 0.25) is 5.13 Å². The van der Waals surface area contributed by atoms with Gasteiger partial charge in [0.1, 0.15) is 5.69 Å². The summed E-state index contributed by atoms with van der Waals surface area (Å²) in [5.41, 5.74) is 1.79. The Morgan fingerprint density at radius 1 is 1.18 bits per heavy atom. The summed E-state index contributed by atoms with van der Waals surface area (Å²) >= 11 is 1.36. The first-order chi connectivity index (χ1) is 7.94. The third-order valence-corrected chi connectivity index (χ3v) is 2.66. The van der Waals surface area contributed by atoms with E-state index in [1.165, 1.54) is 11.5 Å². The van der Waals surface area contributed by atoms with E-state index < -0.39 is 0 Å². The zero-order chi connectivity index (χ0) is 12.5. The van der Waals surface area contributed by atoms with Gasteiger partial charge in [0.15, 0.2) is 5.82 Å². The summed E-state index contributed by atoms with van der Waals surface area (Å²) < 4.78 is 4.32. The minimum Gasteiger partial charge on any atom is -0.356 e. The van der Waals surface area contributed by atoms with Crippen LogP contribution < -0.4 is 5.32 Å². The monoisotopic (exact) mass is 248 g/mol.